The van der Waals surface area contributed by atoms with Gasteiger partial charge in [0, 0.05) is 25.7 Å². The highest BCUT2D eigenvalue weighted by molar-refractivity contribution is 5.69. The summed E-state index contributed by atoms with van der Waals surface area (Å²) in [4.78, 5) is 6.71. The number of likely N-dealkylation sites (N-methyl/N-ethyl adjacent to an activating group) is 1. The molecule has 144 valence electrons. The van der Waals surface area contributed by atoms with Gasteiger partial charge in [0.05, 0.1) is 41.3 Å². The molecule has 0 saturated carbocycles. The Morgan fingerprint density at radius 2 is 2.04 bits per heavy atom. The largest absolute Gasteiger partial charge is 0.375 e. The number of aromatic nitrogens is 2. The summed E-state index contributed by atoms with van der Waals surface area (Å²) in [6.45, 7) is 4.15. The van der Waals surface area contributed by atoms with Crippen molar-refractivity contribution in [2.75, 3.05) is 26.7 Å². The van der Waals surface area contributed by atoms with E-state index in [4.69, 9.17) is 10.00 Å². The van der Waals surface area contributed by atoms with Gasteiger partial charge in [0.15, 0.2) is 0 Å². The fourth-order valence-electron chi connectivity index (χ4n) is 3.66. The molecule has 3 heterocycles. The quantitative estimate of drug-likeness (QED) is 0.697. The van der Waals surface area contributed by atoms with Crippen LogP contribution in [0.1, 0.15) is 16.8 Å². The van der Waals surface area contributed by atoms with Crippen molar-refractivity contribution in [3.05, 3.63) is 58.9 Å². The number of hydrogen-bond acceptors (Lipinski definition) is 4. The summed E-state index contributed by atoms with van der Waals surface area (Å²) in [6, 6.07) is 7.67. The molecule has 0 spiro atoms. The second kappa shape index (κ2) is 7.30. The van der Waals surface area contributed by atoms with Crippen LogP contribution in [0.25, 0.3) is 16.9 Å². The second-order valence-electron chi connectivity index (χ2n) is 7.23. The molecule has 1 aliphatic rings. The molecule has 1 unspecified atom stereocenters. The number of hydrogen-bond donors (Lipinski definition) is 0. The third-order valence-electron chi connectivity index (χ3n) is 5.05. The van der Waals surface area contributed by atoms with E-state index < -0.39 is 11.6 Å². The van der Waals surface area contributed by atoms with Crippen molar-refractivity contribution < 1.29 is 13.5 Å². The van der Waals surface area contributed by atoms with Gasteiger partial charge in [-0.25, -0.2) is 13.8 Å². The lowest BCUT2D eigenvalue weighted by atomic mass is 10.0. The van der Waals surface area contributed by atoms with E-state index in [1.165, 1.54) is 0 Å². The molecule has 1 aromatic carbocycles. The van der Waals surface area contributed by atoms with Crippen LogP contribution in [0.4, 0.5) is 8.78 Å². The van der Waals surface area contributed by atoms with Crippen LogP contribution >= 0.6 is 0 Å². The van der Waals surface area contributed by atoms with Crippen LogP contribution < -0.4 is 0 Å². The van der Waals surface area contributed by atoms with E-state index in [2.05, 4.69) is 9.88 Å². The number of nitrogens with zero attached hydrogens (tertiary/aromatic N) is 4. The van der Waals surface area contributed by atoms with Gasteiger partial charge in [0.2, 0.25) is 0 Å². The molecule has 2 aromatic heterocycles. The Hall–Kier alpha value is -2.82. The van der Waals surface area contributed by atoms with Crippen LogP contribution in [-0.4, -0.2) is 47.1 Å². The van der Waals surface area contributed by atoms with E-state index >= 15 is 0 Å². The Balaban J connectivity index is 1.87. The molecule has 5 nitrogen and oxygen atoms in total. The molecule has 0 aliphatic carbocycles. The van der Waals surface area contributed by atoms with E-state index in [0.29, 0.717) is 24.4 Å². The number of ether oxygens (including phenoxy) is 1. The average Bonchev–Trinajstić information content (AvgIpc) is 2.98. The molecule has 7 heteroatoms. The van der Waals surface area contributed by atoms with Crippen molar-refractivity contribution in [3.63, 3.8) is 0 Å². The number of pyridine rings is 1. The monoisotopic (exact) mass is 382 g/mol. The van der Waals surface area contributed by atoms with E-state index in [1.807, 2.05) is 36.7 Å². The van der Waals surface area contributed by atoms with Gasteiger partial charge in [-0.1, -0.05) is 0 Å². The third kappa shape index (κ3) is 3.37. The molecule has 0 radical (unpaired) electrons. The highest BCUT2D eigenvalue weighted by atomic mass is 19.1. The lowest BCUT2D eigenvalue weighted by molar-refractivity contribution is -0.0190. The molecular weight excluding hydrogens is 362 g/mol. The maximum absolute atomic E-state index is 14.7. The number of benzene rings is 1. The van der Waals surface area contributed by atoms with Gasteiger partial charge in [-0.05, 0) is 43.8 Å². The Morgan fingerprint density at radius 1 is 1.29 bits per heavy atom. The Labute approximate surface area is 161 Å². The second-order valence-corrected chi connectivity index (χ2v) is 7.23. The first-order valence-corrected chi connectivity index (χ1v) is 9.13. The average molecular weight is 382 g/mol. The number of nitriles is 1. The van der Waals surface area contributed by atoms with Crippen molar-refractivity contribution in [2.24, 2.45) is 0 Å². The lowest BCUT2D eigenvalue weighted by Gasteiger charge is -2.30. The Morgan fingerprint density at radius 3 is 2.71 bits per heavy atom. The van der Waals surface area contributed by atoms with Gasteiger partial charge < -0.3 is 14.0 Å². The predicted molar refractivity (Wildman–Crippen MR) is 101 cm³/mol. The van der Waals surface area contributed by atoms with E-state index in [9.17, 15) is 8.78 Å². The normalized spacial score (nSPS) is 17.8. The molecule has 0 bridgehead atoms. The molecule has 1 aliphatic heterocycles. The number of imidazole rings is 1. The number of morpholine rings is 1. The third-order valence-corrected chi connectivity index (χ3v) is 5.05. The topological polar surface area (TPSA) is 53.6 Å². The van der Waals surface area contributed by atoms with Crippen molar-refractivity contribution in [1.29, 1.82) is 5.26 Å². The van der Waals surface area contributed by atoms with E-state index in [-0.39, 0.29) is 22.9 Å². The summed E-state index contributed by atoms with van der Waals surface area (Å²) < 4.78 is 37.2. The van der Waals surface area contributed by atoms with Crippen LogP contribution in [0.15, 0.2) is 30.5 Å². The highest BCUT2D eigenvalue weighted by Gasteiger charge is 2.26. The van der Waals surface area contributed by atoms with Gasteiger partial charge >= 0.3 is 0 Å². The van der Waals surface area contributed by atoms with Crippen molar-refractivity contribution in [1.82, 2.24) is 14.3 Å². The van der Waals surface area contributed by atoms with Crippen LogP contribution in [0.5, 0.6) is 0 Å². The molecule has 0 N–H and O–H groups in total. The molecule has 3 aromatic rings. The first-order chi connectivity index (χ1) is 13.5. The summed E-state index contributed by atoms with van der Waals surface area (Å²) in [5, 5.41) is 8.96. The SMILES string of the molecule is Cc1ccn2c(CC3CN(C)CCO3)c(-c3c(F)cc(C#N)cc3F)nc2c1. The first-order valence-electron chi connectivity index (χ1n) is 9.13. The van der Waals surface area contributed by atoms with Gasteiger partial charge in [-0.15, -0.1) is 0 Å². The standard InChI is InChI=1S/C21H20F2N4O/c1-13-3-4-27-18(10-15-12-26(2)5-6-28-15)21(25-19(27)7-13)20-16(22)8-14(11-24)9-17(20)23/h3-4,7-9,15H,5-6,10,12H2,1-2H3. The maximum atomic E-state index is 14.7. The van der Waals surface area contributed by atoms with Gasteiger partial charge in [0.1, 0.15) is 17.3 Å². The first kappa shape index (κ1) is 18.5. The molecule has 1 atom stereocenters. The van der Waals surface area contributed by atoms with Gasteiger partial charge in [0.25, 0.3) is 0 Å². The smallest absolute Gasteiger partial charge is 0.137 e. The summed E-state index contributed by atoms with van der Waals surface area (Å²) >= 11 is 0. The zero-order chi connectivity index (χ0) is 19.8. The summed E-state index contributed by atoms with van der Waals surface area (Å²) in [7, 11) is 2.02. The summed E-state index contributed by atoms with van der Waals surface area (Å²) in [6.07, 6.45) is 2.24. The van der Waals surface area contributed by atoms with Crippen LogP contribution in [-0.2, 0) is 11.2 Å². The van der Waals surface area contributed by atoms with Gasteiger partial charge in [-0.3, -0.25) is 0 Å². The fourth-order valence-corrected chi connectivity index (χ4v) is 3.66. The van der Waals surface area contributed by atoms with Crippen molar-refractivity contribution in [3.8, 4) is 17.3 Å². The minimum absolute atomic E-state index is 0.0582. The maximum Gasteiger partial charge on any atom is 0.137 e. The molecule has 4 rings (SSSR count). The zero-order valence-corrected chi connectivity index (χ0v) is 15.7. The minimum atomic E-state index is -0.792. The Kier molecular flexibility index (Phi) is 4.84. The van der Waals surface area contributed by atoms with Crippen LogP contribution in [0.3, 0.4) is 0 Å². The highest BCUT2D eigenvalue weighted by Crippen LogP contribution is 2.31. The molecule has 28 heavy (non-hydrogen) atoms. The van der Waals surface area contributed by atoms with Crippen molar-refractivity contribution in [2.45, 2.75) is 19.4 Å². The summed E-state index contributed by atoms with van der Waals surface area (Å²) in [5.41, 5.74) is 2.30. The summed E-state index contributed by atoms with van der Waals surface area (Å²) in [5.74, 6) is -1.58. The van der Waals surface area contributed by atoms with E-state index in [1.54, 1.807) is 6.07 Å². The molecule has 1 fully saturated rings. The van der Waals surface area contributed by atoms with Crippen LogP contribution in [0, 0.1) is 29.9 Å². The number of aryl methyl sites for hydroxylation is 1. The van der Waals surface area contributed by atoms with Gasteiger partial charge in [-0.2, -0.15) is 5.26 Å². The number of halogens is 2. The molecular formula is C21H20F2N4O. The number of rotatable bonds is 3. The predicted octanol–water partition coefficient (Wildman–Crippen LogP) is 3.33. The van der Waals surface area contributed by atoms with Crippen molar-refractivity contribution >= 4 is 5.65 Å². The molecule has 0 amide bonds. The van der Waals surface area contributed by atoms with Crippen LogP contribution in [0.2, 0.25) is 0 Å². The number of fused-ring (bicyclic) bond motifs is 1. The molecule has 1 saturated heterocycles. The fraction of sp³-hybridized carbons (Fsp3) is 0.333. The minimum Gasteiger partial charge on any atom is -0.375 e. The zero-order valence-electron chi connectivity index (χ0n) is 15.7. The lowest BCUT2D eigenvalue weighted by Crippen LogP contribution is -2.41. The Bertz CT molecular complexity index is 1060. The van der Waals surface area contributed by atoms with E-state index in [0.717, 1.165) is 30.8 Å².